The molecule has 154 valence electrons. The molecule has 1 aromatic heterocycles. The average molecular weight is 407 g/mol. The number of amides is 1. The fourth-order valence-electron chi connectivity index (χ4n) is 3.15. The second-order valence-corrected chi connectivity index (χ2v) is 7.36. The Balaban J connectivity index is 1.69. The van der Waals surface area contributed by atoms with Crippen molar-refractivity contribution in [3.8, 4) is 22.8 Å². The molecule has 0 fully saturated rings. The maximum absolute atomic E-state index is 13.2. The molecule has 30 heavy (non-hydrogen) atoms. The van der Waals surface area contributed by atoms with Gasteiger partial charge in [-0.2, -0.15) is 0 Å². The zero-order chi connectivity index (χ0) is 21.3. The van der Waals surface area contributed by atoms with Gasteiger partial charge < -0.3 is 19.4 Å². The highest BCUT2D eigenvalue weighted by atomic mass is 19.1. The van der Waals surface area contributed by atoms with Crippen LogP contribution in [0.2, 0.25) is 0 Å². The zero-order valence-electron chi connectivity index (χ0n) is 17.0. The first-order valence-electron chi connectivity index (χ1n) is 9.60. The molecule has 7 heteroatoms. The average Bonchev–Trinajstić information content (AvgIpc) is 3.38. The van der Waals surface area contributed by atoms with E-state index in [9.17, 15) is 9.18 Å². The van der Waals surface area contributed by atoms with Gasteiger partial charge >= 0.3 is 0 Å². The summed E-state index contributed by atoms with van der Waals surface area (Å²) >= 11 is 0. The van der Waals surface area contributed by atoms with Crippen molar-refractivity contribution in [3.63, 3.8) is 0 Å². The van der Waals surface area contributed by atoms with Crippen molar-refractivity contribution in [1.82, 2.24) is 9.88 Å². The summed E-state index contributed by atoms with van der Waals surface area (Å²) in [6.45, 7) is 2.60. The Kier molecular flexibility index (Phi) is 5.27. The van der Waals surface area contributed by atoms with E-state index in [1.165, 1.54) is 17.0 Å². The van der Waals surface area contributed by atoms with Crippen molar-refractivity contribution in [3.05, 3.63) is 71.7 Å². The summed E-state index contributed by atoms with van der Waals surface area (Å²) in [6, 6.07) is 14.8. The molecule has 1 N–H and O–H groups in total. The number of carbonyl (C=O) groups excluding carboxylic acids is 1. The molecular weight excluding hydrogens is 385 g/mol. The number of aromatic amines is 1. The molecule has 0 saturated carbocycles. The van der Waals surface area contributed by atoms with Crippen molar-refractivity contribution in [2.45, 2.75) is 13.0 Å². The highest BCUT2D eigenvalue weighted by molar-refractivity contribution is 5.96. The molecule has 0 saturated heterocycles. The summed E-state index contributed by atoms with van der Waals surface area (Å²) in [4.78, 5) is 21.8. The van der Waals surface area contributed by atoms with Gasteiger partial charge in [-0.25, -0.2) is 9.38 Å². The first-order chi connectivity index (χ1) is 14.4. The van der Waals surface area contributed by atoms with Crippen LogP contribution in [-0.4, -0.2) is 48.4 Å². The van der Waals surface area contributed by atoms with Gasteiger partial charge in [0, 0.05) is 30.9 Å². The molecule has 6 nitrogen and oxygen atoms in total. The van der Waals surface area contributed by atoms with Gasteiger partial charge in [-0.15, -0.1) is 0 Å². The first kappa shape index (κ1) is 19.7. The standard InChI is InChI=1S/C23H22FN3O3/c1-14-13-25-22(29-14)21-9-8-20(26-21)15-10-16(23(28)27(2)3)12-19(11-15)30-18-6-4-17(24)5-7-18/h4-12,14,26H,13H2,1-3H3/t14-/m0/s1. The summed E-state index contributed by atoms with van der Waals surface area (Å²) in [5.41, 5.74) is 2.83. The Morgan fingerprint density at radius 2 is 1.83 bits per heavy atom. The molecule has 1 aliphatic heterocycles. The Morgan fingerprint density at radius 3 is 2.50 bits per heavy atom. The van der Waals surface area contributed by atoms with E-state index in [0.29, 0.717) is 29.5 Å². The maximum atomic E-state index is 13.2. The number of benzene rings is 2. The van der Waals surface area contributed by atoms with E-state index >= 15 is 0 Å². The van der Waals surface area contributed by atoms with E-state index in [2.05, 4.69) is 9.98 Å². The van der Waals surface area contributed by atoms with Crippen molar-refractivity contribution < 1.29 is 18.7 Å². The van der Waals surface area contributed by atoms with Gasteiger partial charge in [-0.05, 0) is 61.5 Å². The summed E-state index contributed by atoms with van der Waals surface area (Å²) in [5.74, 6) is 1.04. The minimum Gasteiger partial charge on any atom is -0.471 e. The molecular formula is C23H22FN3O3. The number of rotatable bonds is 5. The fraction of sp³-hybridized carbons (Fsp3) is 0.217. The SMILES string of the molecule is C[C@H]1CN=C(c2ccc(-c3cc(Oc4ccc(F)cc4)cc(C(=O)N(C)C)c3)[nH]2)O1. The van der Waals surface area contributed by atoms with Crippen LogP contribution in [0.15, 0.2) is 59.6 Å². The monoisotopic (exact) mass is 407 g/mol. The molecule has 3 aromatic rings. The normalized spacial score (nSPS) is 15.5. The number of H-pyrrole nitrogens is 1. The molecule has 0 spiro atoms. The second kappa shape index (κ2) is 8.02. The van der Waals surface area contributed by atoms with E-state index in [4.69, 9.17) is 9.47 Å². The lowest BCUT2D eigenvalue weighted by Gasteiger charge is -2.14. The highest BCUT2D eigenvalue weighted by Gasteiger charge is 2.19. The van der Waals surface area contributed by atoms with E-state index in [-0.39, 0.29) is 17.8 Å². The number of hydrogen-bond acceptors (Lipinski definition) is 4. The van der Waals surface area contributed by atoms with Crippen LogP contribution in [0.25, 0.3) is 11.3 Å². The third-order valence-corrected chi connectivity index (χ3v) is 4.64. The number of carbonyl (C=O) groups is 1. The third-order valence-electron chi connectivity index (χ3n) is 4.64. The predicted molar refractivity (Wildman–Crippen MR) is 113 cm³/mol. The van der Waals surface area contributed by atoms with Gasteiger partial charge in [0.05, 0.1) is 6.54 Å². The fourth-order valence-corrected chi connectivity index (χ4v) is 3.15. The van der Waals surface area contributed by atoms with E-state index < -0.39 is 0 Å². The number of aliphatic imine (C=N–C) groups is 1. The minimum atomic E-state index is -0.343. The largest absolute Gasteiger partial charge is 0.471 e. The quantitative estimate of drug-likeness (QED) is 0.678. The van der Waals surface area contributed by atoms with Gasteiger partial charge in [-0.3, -0.25) is 4.79 Å². The van der Waals surface area contributed by atoms with Crippen molar-refractivity contribution in [1.29, 1.82) is 0 Å². The lowest BCUT2D eigenvalue weighted by atomic mass is 10.1. The Bertz CT molecular complexity index is 1100. The van der Waals surface area contributed by atoms with Gasteiger partial charge in [0.15, 0.2) is 0 Å². The molecule has 2 aromatic carbocycles. The molecule has 1 amide bonds. The van der Waals surface area contributed by atoms with Crippen molar-refractivity contribution in [2.75, 3.05) is 20.6 Å². The molecule has 0 bridgehead atoms. The minimum absolute atomic E-state index is 0.0588. The van der Waals surface area contributed by atoms with Crippen LogP contribution < -0.4 is 4.74 Å². The molecule has 0 aliphatic carbocycles. The van der Waals surface area contributed by atoms with Gasteiger partial charge in [-0.1, -0.05) is 0 Å². The Morgan fingerprint density at radius 1 is 1.10 bits per heavy atom. The predicted octanol–water partition coefficient (Wildman–Crippen LogP) is 4.48. The lowest BCUT2D eigenvalue weighted by molar-refractivity contribution is 0.0827. The number of hydrogen-bond donors (Lipinski definition) is 1. The number of nitrogens with one attached hydrogen (secondary N) is 1. The van der Waals surface area contributed by atoms with Crippen molar-refractivity contribution in [2.24, 2.45) is 4.99 Å². The van der Waals surface area contributed by atoms with Crippen LogP contribution in [0, 0.1) is 5.82 Å². The number of aromatic nitrogens is 1. The van der Waals surface area contributed by atoms with Crippen LogP contribution in [0.1, 0.15) is 23.0 Å². The topological polar surface area (TPSA) is 66.9 Å². The summed E-state index contributed by atoms with van der Waals surface area (Å²) in [7, 11) is 3.39. The second-order valence-electron chi connectivity index (χ2n) is 7.36. The maximum Gasteiger partial charge on any atom is 0.253 e. The van der Waals surface area contributed by atoms with Gasteiger partial charge in [0.2, 0.25) is 5.90 Å². The first-order valence-corrected chi connectivity index (χ1v) is 9.60. The Labute approximate surface area is 174 Å². The smallest absolute Gasteiger partial charge is 0.253 e. The van der Waals surface area contributed by atoms with Crippen LogP contribution >= 0.6 is 0 Å². The highest BCUT2D eigenvalue weighted by Crippen LogP contribution is 2.30. The molecule has 1 atom stereocenters. The number of halogens is 1. The van der Waals surface area contributed by atoms with Crippen molar-refractivity contribution >= 4 is 11.8 Å². The molecule has 1 aliphatic rings. The van der Waals surface area contributed by atoms with Crippen LogP contribution in [-0.2, 0) is 4.74 Å². The molecule has 0 radical (unpaired) electrons. The number of ether oxygens (including phenoxy) is 2. The van der Waals surface area contributed by atoms with E-state index in [0.717, 1.165) is 17.0 Å². The number of nitrogens with zero attached hydrogens (tertiary/aromatic N) is 2. The van der Waals surface area contributed by atoms with Crippen LogP contribution in [0.4, 0.5) is 4.39 Å². The lowest BCUT2D eigenvalue weighted by Crippen LogP contribution is -2.21. The summed E-state index contributed by atoms with van der Waals surface area (Å²) < 4.78 is 24.8. The summed E-state index contributed by atoms with van der Waals surface area (Å²) in [6.07, 6.45) is 0.0588. The third kappa shape index (κ3) is 4.20. The van der Waals surface area contributed by atoms with E-state index in [1.54, 1.807) is 38.4 Å². The molecule has 4 rings (SSSR count). The van der Waals surface area contributed by atoms with Gasteiger partial charge in [0.25, 0.3) is 5.91 Å². The molecule has 0 unspecified atom stereocenters. The van der Waals surface area contributed by atoms with E-state index in [1.807, 2.05) is 25.1 Å². The molecule has 2 heterocycles. The van der Waals surface area contributed by atoms with Gasteiger partial charge in [0.1, 0.15) is 29.1 Å². The Hall–Kier alpha value is -3.61. The van der Waals surface area contributed by atoms with Crippen LogP contribution in [0.5, 0.6) is 11.5 Å². The summed E-state index contributed by atoms with van der Waals surface area (Å²) in [5, 5.41) is 0. The zero-order valence-corrected chi connectivity index (χ0v) is 17.0. The van der Waals surface area contributed by atoms with Crippen LogP contribution in [0.3, 0.4) is 0 Å².